The molecule has 0 spiro atoms. The number of aryl methyl sites for hydroxylation is 1. The van der Waals surface area contributed by atoms with Gasteiger partial charge in [0.2, 0.25) is 11.1 Å². The third-order valence-corrected chi connectivity index (χ3v) is 5.31. The fourth-order valence-corrected chi connectivity index (χ4v) is 3.34. The maximum absolute atomic E-state index is 12.9. The summed E-state index contributed by atoms with van der Waals surface area (Å²) in [7, 11) is 0. The van der Waals surface area contributed by atoms with Gasteiger partial charge in [0, 0.05) is 6.54 Å². The number of rotatable bonds is 6. The highest BCUT2D eigenvalue weighted by Crippen LogP contribution is 2.25. The number of nitrogens with zero attached hydrogens (tertiary/aromatic N) is 4. The topological polar surface area (TPSA) is 72.7 Å². The maximum atomic E-state index is 12.9. The SMILES string of the molecule is Cc1cccc(-n2nnnc2SC(C)C(=O)NCc2ccc(F)cc2)c1C. The molecule has 0 saturated heterocycles. The van der Waals surface area contributed by atoms with Gasteiger partial charge in [0.05, 0.1) is 10.9 Å². The third kappa shape index (κ3) is 4.51. The van der Waals surface area contributed by atoms with Crippen LogP contribution in [0.4, 0.5) is 4.39 Å². The van der Waals surface area contributed by atoms with Crippen molar-refractivity contribution in [1.29, 1.82) is 0 Å². The van der Waals surface area contributed by atoms with Gasteiger partial charge in [-0.25, -0.2) is 4.39 Å². The first kappa shape index (κ1) is 19.0. The summed E-state index contributed by atoms with van der Waals surface area (Å²) in [5, 5.41) is 14.9. The van der Waals surface area contributed by atoms with Crippen molar-refractivity contribution in [2.75, 3.05) is 0 Å². The van der Waals surface area contributed by atoms with Crippen LogP contribution in [0.3, 0.4) is 0 Å². The maximum Gasteiger partial charge on any atom is 0.233 e. The average Bonchev–Trinajstić information content (AvgIpc) is 3.11. The summed E-state index contributed by atoms with van der Waals surface area (Å²) in [6.07, 6.45) is 0. The Morgan fingerprint density at radius 1 is 1.22 bits per heavy atom. The van der Waals surface area contributed by atoms with E-state index in [2.05, 4.69) is 20.8 Å². The van der Waals surface area contributed by atoms with Crippen molar-refractivity contribution in [1.82, 2.24) is 25.5 Å². The lowest BCUT2D eigenvalue weighted by Crippen LogP contribution is -2.30. The lowest BCUT2D eigenvalue weighted by atomic mass is 10.1. The van der Waals surface area contributed by atoms with E-state index in [4.69, 9.17) is 0 Å². The van der Waals surface area contributed by atoms with E-state index in [9.17, 15) is 9.18 Å². The van der Waals surface area contributed by atoms with Gasteiger partial charge in [-0.1, -0.05) is 36.0 Å². The first-order valence-corrected chi connectivity index (χ1v) is 9.37. The molecule has 0 aliphatic rings. The summed E-state index contributed by atoms with van der Waals surface area (Å²) in [5.41, 5.74) is 3.95. The van der Waals surface area contributed by atoms with Crippen LogP contribution in [0.1, 0.15) is 23.6 Å². The number of hydrogen-bond acceptors (Lipinski definition) is 5. The lowest BCUT2D eigenvalue weighted by molar-refractivity contribution is -0.120. The number of hydrogen-bond donors (Lipinski definition) is 1. The van der Waals surface area contributed by atoms with Gasteiger partial charge in [0.25, 0.3) is 0 Å². The molecule has 2 aromatic carbocycles. The molecule has 3 rings (SSSR count). The number of thioether (sulfide) groups is 1. The van der Waals surface area contributed by atoms with Gasteiger partial charge in [0.15, 0.2) is 0 Å². The predicted octanol–water partition coefficient (Wildman–Crippen LogP) is 3.22. The van der Waals surface area contributed by atoms with Crippen LogP contribution in [0.15, 0.2) is 47.6 Å². The zero-order valence-electron chi connectivity index (χ0n) is 15.3. The average molecular weight is 385 g/mol. The zero-order chi connectivity index (χ0) is 19.4. The predicted molar refractivity (Wildman–Crippen MR) is 102 cm³/mol. The van der Waals surface area contributed by atoms with Crippen LogP contribution in [-0.4, -0.2) is 31.4 Å². The lowest BCUT2D eigenvalue weighted by Gasteiger charge is -2.13. The largest absolute Gasteiger partial charge is 0.351 e. The molecule has 1 amide bonds. The number of tetrazole rings is 1. The first-order valence-electron chi connectivity index (χ1n) is 8.49. The molecular formula is C19H20FN5OS. The normalized spacial score (nSPS) is 12.0. The second-order valence-corrected chi connectivity index (χ2v) is 7.50. The molecule has 0 aliphatic heterocycles. The van der Waals surface area contributed by atoms with E-state index in [1.165, 1.54) is 23.9 Å². The fraction of sp³-hybridized carbons (Fsp3) is 0.263. The van der Waals surface area contributed by atoms with Crippen molar-refractivity contribution in [3.8, 4) is 5.69 Å². The van der Waals surface area contributed by atoms with E-state index < -0.39 is 0 Å². The molecule has 0 bridgehead atoms. The number of carbonyl (C=O) groups excluding carboxylic acids is 1. The highest BCUT2D eigenvalue weighted by atomic mass is 32.2. The van der Waals surface area contributed by atoms with Gasteiger partial charge in [-0.2, -0.15) is 4.68 Å². The molecular weight excluding hydrogens is 365 g/mol. The Kier molecular flexibility index (Phi) is 5.85. The van der Waals surface area contributed by atoms with E-state index >= 15 is 0 Å². The van der Waals surface area contributed by atoms with E-state index in [1.54, 1.807) is 23.7 Å². The van der Waals surface area contributed by atoms with Crippen molar-refractivity contribution in [3.63, 3.8) is 0 Å². The molecule has 1 N–H and O–H groups in total. The highest BCUT2D eigenvalue weighted by Gasteiger charge is 2.20. The van der Waals surface area contributed by atoms with E-state index in [-0.39, 0.29) is 17.0 Å². The summed E-state index contributed by atoms with van der Waals surface area (Å²) >= 11 is 1.29. The Hall–Kier alpha value is -2.74. The fourth-order valence-electron chi connectivity index (χ4n) is 2.52. The first-order chi connectivity index (χ1) is 13.0. The molecule has 1 aromatic heterocycles. The van der Waals surface area contributed by atoms with Crippen LogP contribution in [0.5, 0.6) is 0 Å². The van der Waals surface area contributed by atoms with Gasteiger partial charge in [-0.05, 0) is 66.1 Å². The van der Waals surface area contributed by atoms with E-state index in [0.29, 0.717) is 11.7 Å². The Morgan fingerprint density at radius 3 is 2.70 bits per heavy atom. The monoisotopic (exact) mass is 385 g/mol. The minimum absolute atomic E-state index is 0.139. The number of amides is 1. The molecule has 140 valence electrons. The molecule has 0 radical (unpaired) electrons. The van der Waals surface area contributed by atoms with Gasteiger partial charge >= 0.3 is 0 Å². The molecule has 1 atom stereocenters. The summed E-state index contributed by atoms with van der Waals surface area (Å²) in [4.78, 5) is 12.4. The molecule has 1 heterocycles. The smallest absolute Gasteiger partial charge is 0.233 e. The van der Waals surface area contributed by atoms with Crippen LogP contribution in [0.2, 0.25) is 0 Å². The number of aromatic nitrogens is 4. The van der Waals surface area contributed by atoms with Gasteiger partial charge in [-0.3, -0.25) is 4.79 Å². The minimum atomic E-state index is -0.389. The second-order valence-electron chi connectivity index (χ2n) is 6.20. The molecule has 3 aromatic rings. The zero-order valence-corrected chi connectivity index (χ0v) is 16.1. The van der Waals surface area contributed by atoms with E-state index in [0.717, 1.165) is 22.4 Å². The Morgan fingerprint density at radius 2 is 1.96 bits per heavy atom. The highest BCUT2D eigenvalue weighted by molar-refractivity contribution is 8.00. The van der Waals surface area contributed by atoms with Crippen molar-refractivity contribution in [2.24, 2.45) is 0 Å². The minimum Gasteiger partial charge on any atom is -0.351 e. The second kappa shape index (κ2) is 8.30. The van der Waals surface area contributed by atoms with Crippen LogP contribution in [0.25, 0.3) is 5.69 Å². The van der Waals surface area contributed by atoms with Crippen LogP contribution < -0.4 is 5.32 Å². The van der Waals surface area contributed by atoms with Crippen molar-refractivity contribution in [3.05, 3.63) is 65.0 Å². The molecule has 27 heavy (non-hydrogen) atoms. The summed E-state index contributed by atoms with van der Waals surface area (Å²) in [6, 6.07) is 12.0. The summed E-state index contributed by atoms with van der Waals surface area (Å²) in [5.74, 6) is -0.438. The molecule has 0 aliphatic carbocycles. The molecule has 8 heteroatoms. The third-order valence-electron chi connectivity index (χ3n) is 4.28. The summed E-state index contributed by atoms with van der Waals surface area (Å²) < 4.78 is 14.6. The van der Waals surface area contributed by atoms with Crippen LogP contribution >= 0.6 is 11.8 Å². The number of carbonyl (C=O) groups is 1. The van der Waals surface area contributed by atoms with E-state index in [1.807, 2.05) is 32.0 Å². The molecule has 0 saturated carbocycles. The van der Waals surface area contributed by atoms with Crippen LogP contribution in [0, 0.1) is 19.7 Å². The van der Waals surface area contributed by atoms with Crippen LogP contribution in [-0.2, 0) is 11.3 Å². The Labute approximate surface area is 161 Å². The molecule has 1 unspecified atom stereocenters. The van der Waals surface area contributed by atoms with Crippen molar-refractivity contribution in [2.45, 2.75) is 37.7 Å². The molecule has 6 nitrogen and oxygen atoms in total. The van der Waals surface area contributed by atoms with Gasteiger partial charge < -0.3 is 5.32 Å². The Balaban J connectivity index is 1.67. The standard InChI is InChI=1S/C19H20FN5OS/c1-12-5-4-6-17(13(12)2)25-19(22-23-24-25)27-14(3)18(26)21-11-15-7-9-16(20)10-8-15/h4-10,14H,11H2,1-3H3,(H,21,26). The number of halogens is 1. The van der Waals surface area contributed by atoms with Gasteiger partial charge in [0.1, 0.15) is 5.82 Å². The van der Waals surface area contributed by atoms with Crippen molar-refractivity contribution < 1.29 is 9.18 Å². The quantitative estimate of drug-likeness (QED) is 0.660. The van der Waals surface area contributed by atoms with Gasteiger partial charge in [-0.15, -0.1) is 5.10 Å². The number of nitrogens with one attached hydrogen (secondary N) is 1. The number of benzene rings is 2. The summed E-state index contributed by atoms with van der Waals surface area (Å²) in [6.45, 7) is 6.18. The Bertz CT molecular complexity index is 942. The molecule has 0 fully saturated rings. The van der Waals surface area contributed by atoms with Crippen molar-refractivity contribution >= 4 is 17.7 Å².